The minimum Gasteiger partial charge on any atom is -0.463 e. The van der Waals surface area contributed by atoms with Crippen molar-refractivity contribution in [1.29, 1.82) is 0 Å². The molecule has 0 amide bonds. The summed E-state index contributed by atoms with van der Waals surface area (Å²) in [6.07, 6.45) is 2.79. The number of rotatable bonds is 4. The second-order valence-electron chi connectivity index (χ2n) is 6.45. The van der Waals surface area contributed by atoms with E-state index in [9.17, 15) is 9.18 Å². The van der Waals surface area contributed by atoms with Crippen molar-refractivity contribution in [2.45, 2.75) is 45.8 Å². The van der Waals surface area contributed by atoms with Crippen molar-refractivity contribution >= 4 is 24.6 Å². The van der Waals surface area contributed by atoms with Gasteiger partial charge in [0.2, 0.25) is 0 Å². The largest absolute Gasteiger partial charge is 0.495 e. The summed E-state index contributed by atoms with van der Waals surface area (Å²) in [6.45, 7) is 9.81. The van der Waals surface area contributed by atoms with Gasteiger partial charge >= 0.3 is 13.1 Å². The lowest BCUT2D eigenvalue weighted by Crippen LogP contribution is -2.41. The van der Waals surface area contributed by atoms with E-state index < -0.39 is 30.1 Å². The maximum absolute atomic E-state index is 13.6. The fourth-order valence-corrected chi connectivity index (χ4v) is 2.22. The van der Waals surface area contributed by atoms with E-state index in [1.54, 1.807) is 13.0 Å². The molecule has 0 unspecified atom stereocenters. The maximum atomic E-state index is 13.6. The van der Waals surface area contributed by atoms with Crippen LogP contribution in [0, 0.1) is 5.82 Å². The van der Waals surface area contributed by atoms with Crippen LogP contribution < -0.4 is 5.46 Å². The van der Waals surface area contributed by atoms with Crippen LogP contribution in [0.25, 0.3) is 6.08 Å². The van der Waals surface area contributed by atoms with Crippen molar-refractivity contribution in [3.8, 4) is 0 Å². The third-order valence-corrected chi connectivity index (χ3v) is 4.24. The van der Waals surface area contributed by atoms with Gasteiger partial charge in [0.1, 0.15) is 5.82 Å². The Morgan fingerprint density at radius 3 is 2.43 bits per heavy atom. The van der Waals surface area contributed by atoms with E-state index in [2.05, 4.69) is 0 Å². The van der Waals surface area contributed by atoms with Crippen LogP contribution in [0.15, 0.2) is 24.3 Å². The summed E-state index contributed by atoms with van der Waals surface area (Å²) >= 11 is 0. The van der Waals surface area contributed by atoms with Crippen LogP contribution in [0.1, 0.15) is 40.2 Å². The lowest BCUT2D eigenvalue weighted by molar-refractivity contribution is -0.137. The van der Waals surface area contributed by atoms with Crippen LogP contribution in [-0.4, -0.2) is 30.9 Å². The van der Waals surface area contributed by atoms with Crippen molar-refractivity contribution in [3.05, 3.63) is 35.7 Å². The molecule has 23 heavy (non-hydrogen) atoms. The fourth-order valence-electron chi connectivity index (χ4n) is 2.22. The van der Waals surface area contributed by atoms with Crippen molar-refractivity contribution < 1.29 is 23.2 Å². The van der Waals surface area contributed by atoms with E-state index in [0.717, 1.165) is 0 Å². The van der Waals surface area contributed by atoms with Gasteiger partial charge in [-0.15, -0.1) is 0 Å². The van der Waals surface area contributed by atoms with Gasteiger partial charge in [0.15, 0.2) is 0 Å². The van der Waals surface area contributed by atoms with Gasteiger partial charge in [0, 0.05) is 6.08 Å². The first-order valence-electron chi connectivity index (χ1n) is 7.66. The predicted molar refractivity (Wildman–Crippen MR) is 87.8 cm³/mol. The first-order chi connectivity index (χ1) is 10.7. The lowest BCUT2D eigenvalue weighted by Gasteiger charge is -2.32. The van der Waals surface area contributed by atoms with Crippen molar-refractivity contribution in [2.24, 2.45) is 0 Å². The molecule has 1 saturated heterocycles. The standard InChI is InChI=1S/C17H22BFO4/c1-6-21-15(20)10-7-12-11-13(19)8-9-14(12)18-22-16(2,3)17(4,5)23-18/h7-11H,6H2,1-5H3. The number of halogens is 1. The molecule has 124 valence electrons. The van der Waals surface area contributed by atoms with Gasteiger partial charge < -0.3 is 14.0 Å². The Morgan fingerprint density at radius 1 is 1.26 bits per heavy atom. The topological polar surface area (TPSA) is 44.8 Å². The smallest absolute Gasteiger partial charge is 0.463 e. The molecule has 0 atom stereocenters. The molecule has 0 bridgehead atoms. The highest BCUT2D eigenvalue weighted by Crippen LogP contribution is 2.36. The second-order valence-corrected chi connectivity index (χ2v) is 6.45. The summed E-state index contributed by atoms with van der Waals surface area (Å²) < 4.78 is 30.4. The molecule has 0 aromatic heterocycles. The van der Waals surface area contributed by atoms with Crippen LogP contribution >= 0.6 is 0 Å². The molecule has 1 heterocycles. The van der Waals surface area contributed by atoms with E-state index >= 15 is 0 Å². The molecule has 4 nitrogen and oxygen atoms in total. The van der Waals surface area contributed by atoms with Crippen molar-refractivity contribution in [3.63, 3.8) is 0 Å². The van der Waals surface area contributed by atoms with Gasteiger partial charge in [-0.05, 0) is 63.9 Å². The molecule has 2 rings (SSSR count). The molecule has 0 saturated carbocycles. The van der Waals surface area contributed by atoms with Gasteiger partial charge in [-0.1, -0.05) is 6.07 Å². The van der Waals surface area contributed by atoms with Gasteiger partial charge in [0.25, 0.3) is 0 Å². The second kappa shape index (κ2) is 6.45. The van der Waals surface area contributed by atoms with E-state index in [1.165, 1.54) is 24.3 Å². The molecule has 6 heteroatoms. The SMILES string of the molecule is CCOC(=O)C=Cc1cc(F)ccc1B1OC(C)(C)C(C)(C)O1. The van der Waals surface area contributed by atoms with E-state index in [-0.39, 0.29) is 6.61 Å². The lowest BCUT2D eigenvalue weighted by atomic mass is 9.76. The molecule has 1 aromatic carbocycles. The number of hydrogen-bond acceptors (Lipinski definition) is 4. The Kier molecular flexibility index (Phi) is 4.97. The molecule has 1 aliphatic rings. The number of esters is 1. The quantitative estimate of drug-likeness (QED) is 0.486. The summed E-state index contributed by atoms with van der Waals surface area (Å²) in [6, 6.07) is 4.31. The summed E-state index contributed by atoms with van der Waals surface area (Å²) in [5.41, 5.74) is 0.213. The van der Waals surface area contributed by atoms with Crippen molar-refractivity contribution in [2.75, 3.05) is 6.61 Å². The molecule has 1 fully saturated rings. The number of hydrogen-bond donors (Lipinski definition) is 0. The Morgan fingerprint density at radius 2 is 1.87 bits per heavy atom. The third kappa shape index (κ3) is 3.82. The molecule has 1 aliphatic heterocycles. The number of carbonyl (C=O) groups is 1. The Balaban J connectivity index is 2.32. The zero-order valence-electron chi connectivity index (χ0n) is 14.2. The molecular weight excluding hydrogens is 298 g/mol. The number of ether oxygens (including phenoxy) is 1. The minimum absolute atomic E-state index is 0.288. The third-order valence-electron chi connectivity index (χ3n) is 4.24. The zero-order valence-corrected chi connectivity index (χ0v) is 14.2. The highest BCUT2D eigenvalue weighted by atomic mass is 19.1. The molecule has 1 aromatic rings. The Labute approximate surface area is 136 Å². The average molecular weight is 320 g/mol. The highest BCUT2D eigenvalue weighted by molar-refractivity contribution is 6.63. The summed E-state index contributed by atoms with van der Waals surface area (Å²) in [7, 11) is -0.623. The molecule has 0 radical (unpaired) electrons. The highest BCUT2D eigenvalue weighted by Gasteiger charge is 2.52. The van der Waals surface area contributed by atoms with Gasteiger partial charge in [-0.3, -0.25) is 0 Å². The molecule has 0 spiro atoms. The minimum atomic E-state index is -0.623. The van der Waals surface area contributed by atoms with Gasteiger partial charge in [0.05, 0.1) is 17.8 Å². The normalized spacial score (nSPS) is 19.3. The van der Waals surface area contributed by atoms with Crippen LogP contribution in [0.2, 0.25) is 0 Å². The van der Waals surface area contributed by atoms with E-state index in [1.807, 2.05) is 27.7 Å². The molecule has 0 aliphatic carbocycles. The number of benzene rings is 1. The van der Waals surface area contributed by atoms with Crippen LogP contribution in [-0.2, 0) is 18.8 Å². The maximum Gasteiger partial charge on any atom is 0.495 e. The fraction of sp³-hybridized carbons (Fsp3) is 0.471. The molecular formula is C17H22BFO4. The van der Waals surface area contributed by atoms with Gasteiger partial charge in [-0.25, -0.2) is 9.18 Å². The summed E-state index contributed by atoms with van der Waals surface area (Å²) in [5, 5.41) is 0. The number of carbonyl (C=O) groups excluding carboxylic acids is 1. The van der Waals surface area contributed by atoms with E-state index in [4.69, 9.17) is 14.0 Å². The first kappa shape index (κ1) is 17.7. The average Bonchev–Trinajstić information content (AvgIpc) is 2.65. The van der Waals surface area contributed by atoms with Crippen LogP contribution in [0.5, 0.6) is 0 Å². The zero-order chi connectivity index (χ0) is 17.3. The van der Waals surface area contributed by atoms with E-state index in [0.29, 0.717) is 11.0 Å². The first-order valence-corrected chi connectivity index (χ1v) is 7.66. The van der Waals surface area contributed by atoms with Gasteiger partial charge in [-0.2, -0.15) is 0 Å². The summed E-state index contributed by atoms with van der Waals surface area (Å²) in [4.78, 5) is 11.5. The predicted octanol–water partition coefficient (Wildman–Crippen LogP) is 2.70. The summed E-state index contributed by atoms with van der Waals surface area (Å²) in [5.74, 6) is -0.870. The van der Waals surface area contributed by atoms with Crippen molar-refractivity contribution in [1.82, 2.24) is 0 Å². The Bertz CT molecular complexity index is 609. The van der Waals surface area contributed by atoms with Crippen LogP contribution in [0.3, 0.4) is 0 Å². The Hall–Kier alpha value is -1.66. The van der Waals surface area contributed by atoms with Crippen LogP contribution in [0.4, 0.5) is 4.39 Å². The monoisotopic (exact) mass is 320 g/mol. The molecule has 0 N–H and O–H groups in total.